The molecule has 0 aromatic carbocycles. The number of rotatable bonds is 12. The smallest absolute Gasteiger partial charge is 0.790 e. The van der Waals surface area contributed by atoms with Crippen molar-refractivity contribution in [2.24, 2.45) is 0 Å². The summed E-state index contributed by atoms with van der Waals surface area (Å²) in [4.78, 5) is 20.7. The van der Waals surface area contributed by atoms with Crippen LogP contribution in [0, 0.1) is 0 Å². The molecule has 0 aromatic rings. The molecule has 0 radical (unpaired) electrons. The molecule has 4 nitrogen and oxygen atoms in total. The monoisotopic (exact) mass is 414 g/mol. The summed E-state index contributed by atoms with van der Waals surface area (Å²) in [5.41, 5.74) is 5.20. The first-order chi connectivity index (χ1) is 11.6. The minimum atomic E-state index is -4.86. The maximum atomic E-state index is 10.4. The fourth-order valence-electron chi connectivity index (χ4n) is 2.26. The standard InChI is InChI=1S/C20H35O4P.2Na/c1-17(2)9-6-10-18(3)11-7-12-19(4)13-8-14-20(5)15-16-24-25(21,22)23;;/h9,11,13,15H,6-8,10,12,14,16H2,1-5H3,(H2,21,22,23);;/q;2*+1/p-2/b18-11+,19-13+,20-15+;;. The van der Waals surface area contributed by atoms with E-state index in [2.05, 4.69) is 50.4 Å². The van der Waals surface area contributed by atoms with Crippen LogP contribution in [0.4, 0.5) is 0 Å². The van der Waals surface area contributed by atoms with Crippen LogP contribution in [0.2, 0.25) is 0 Å². The molecule has 0 aliphatic carbocycles. The van der Waals surface area contributed by atoms with Gasteiger partial charge in [0.2, 0.25) is 0 Å². The summed E-state index contributed by atoms with van der Waals surface area (Å²) in [6, 6.07) is 0. The maximum absolute atomic E-state index is 10.4. The molecule has 0 heterocycles. The Morgan fingerprint density at radius 2 is 1.11 bits per heavy atom. The topological polar surface area (TPSA) is 72.4 Å². The van der Waals surface area contributed by atoms with Crippen LogP contribution in [-0.2, 0) is 9.09 Å². The average molecular weight is 414 g/mol. The van der Waals surface area contributed by atoms with Crippen molar-refractivity contribution in [3.05, 3.63) is 46.6 Å². The van der Waals surface area contributed by atoms with Crippen LogP contribution in [0.25, 0.3) is 0 Å². The minimum Gasteiger partial charge on any atom is -0.790 e. The number of phosphoric ester groups is 1. The van der Waals surface area contributed by atoms with Crippen molar-refractivity contribution < 1.29 is 78.0 Å². The van der Waals surface area contributed by atoms with Crippen molar-refractivity contribution in [2.75, 3.05) is 6.61 Å². The average Bonchev–Trinajstić information content (AvgIpc) is 2.45. The molecule has 0 saturated heterocycles. The molecule has 144 valence electrons. The second-order valence-corrected chi connectivity index (χ2v) is 7.94. The van der Waals surface area contributed by atoms with E-state index in [0.717, 1.165) is 44.1 Å². The molecule has 0 bridgehead atoms. The Morgan fingerprint density at radius 1 is 0.741 bits per heavy atom. The molecule has 0 amide bonds. The predicted molar refractivity (Wildman–Crippen MR) is 102 cm³/mol. The molecule has 27 heavy (non-hydrogen) atoms. The van der Waals surface area contributed by atoms with Gasteiger partial charge >= 0.3 is 59.1 Å². The Balaban J connectivity index is -0.00000288. The van der Waals surface area contributed by atoms with Crippen molar-refractivity contribution in [3.8, 4) is 0 Å². The Bertz CT molecular complexity index is 556. The van der Waals surface area contributed by atoms with Gasteiger partial charge < -0.3 is 18.9 Å². The second kappa shape index (κ2) is 19.1. The zero-order valence-corrected chi connectivity index (χ0v) is 23.2. The van der Waals surface area contributed by atoms with Gasteiger partial charge in [-0.2, -0.15) is 0 Å². The van der Waals surface area contributed by atoms with Gasteiger partial charge in [-0.15, -0.1) is 0 Å². The van der Waals surface area contributed by atoms with Gasteiger partial charge in [-0.25, -0.2) is 0 Å². The molecule has 0 aliphatic rings. The van der Waals surface area contributed by atoms with Crippen LogP contribution in [-0.4, -0.2) is 6.61 Å². The molecule has 0 aromatic heterocycles. The molecular formula is C20H33Na2O4P. The molecule has 0 rings (SSSR count). The van der Waals surface area contributed by atoms with Gasteiger partial charge in [0.15, 0.2) is 0 Å². The van der Waals surface area contributed by atoms with Crippen LogP contribution in [0.15, 0.2) is 46.6 Å². The van der Waals surface area contributed by atoms with E-state index in [4.69, 9.17) is 0 Å². The Morgan fingerprint density at radius 3 is 1.48 bits per heavy atom. The van der Waals surface area contributed by atoms with Crippen LogP contribution >= 0.6 is 7.82 Å². The Hall–Kier alpha value is 1.07. The fraction of sp³-hybridized carbons (Fsp3) is 0.600. The largest absolute Gasteiger partial charge is 1.00 e. The van der Waals surface area contributed by atoms with E-state index in [0.29, 0.717) is 0 Å². The molecule has 0 N–H and O–H groups in total. The molecule has 0 spiro atoms. The predicted octanol–water partition coefficient (Wildman–Crippen LogP) is -1.01. The summed E-state index contributed by atoms with van der Waals surface area (Å²) in [5.74, 6) is 0. The first-order valence-corrected chi connectivity index (χ1v) is 10.3. The van der Waals surface area contributed by atoms with Crippen molar-refractivity contribution in [3.63, 3.8) is 0 Å². The molecule has 0 saturated carbocycles. The van der Waals surface area contributed by atoms with Gasteiger partial charge in [-0.05, 0) is 73.1 Å². The van der Waals surface area contributed by atoms with E-state index < -0.39 is 7.82 Å². The van der Waals surface area contributed by atoms with Gasteiger partial charge in [-0.1, -0.05) is 46.6 Å². The number of phosphoric acid groups is 1. The van der Waals surface area contributed by atoms with Gasteiger partial charge in [0.05, 0.1) is 14.4 Å². The van der Waals surface area contributed by atoms with E-state index in [1.165, 1.54) is 16.7 Å². The Kier molecular flexibility index (Phi) is 23.1. The van der Waals surface area contributed by atoms with E-state index in [1.54, 1.807) is 6.08 Å². The summed E-state index contributed by atoms with van der Waals surface area (Å²) in [6.45, 7) is 10.3. The third-order valence-electron chi connectivity index (χ3n) is 3.82. The number of hydrogen-bond acceptors (Lipinski definition) is 4. The molecule has 0 atom stereocenters. The zero-order chi connectivity index (χ0) is 19.3. The van der Waals surface area contributed by atoms with Gasteiger partial charge in [0.1, 0.15) is 0 Å². The summed E-state index contributed by atoms with van der Waals surface area (Å²) in [5, 5.41) is 0. The summed E-state index contributed by atoms with van der Waals surface area (Å²) in [7, 11) is -4.86. The van der Waals surface area contributed by atoms with Crippen molar-refractivity contribution in [1.29, 1.82) is 0 Å². The summed E-state index contributed by atoms with van der Waals surface area (Å²) < 4.78 is 14.5. The van der Waals surface area contributed by atoms with Crippen molar-refractivity contribution >= 4 is 7.82 Å². The van der Waals surface area contributed by atoms with E-state index >= 15 is 0 Å². The normalized spacial score (nSPS) is 12.9. The quantitative estimate of drug-likeness (QED) is 0.233. The van der Waals surface area contributed by atoms with E-state index in [9.17, 15) is 14.4 Å². The SMILES string of the molecule is CC(C)=CCC/C(C)=C/CC/C(C)=C/CC/C(C)=C/COP(=O)([O-])[O-].[Na+].[Na+]. The first-order valence-electron chi connectivity index (χ1n) is 8.87. The maximum Gasteiger partial charge on any atom is 1.00 e. The first kappa shape index (κ1) is 32.7. The van der Waals surface area contributed by atoms with Crippen LogP contribution < -0.4 is 68.9 Å². The zero-order valence-electron chi connectivity index (χ0n) is 18.3. The van der Waals surface area contributed by atoms with Crippen molar-refractivity contribution in [2.45, 2.75) is 73.1 Å². The molecule has 0 fully saturated rings. The number of hydrogen-bond donors (Lipinski definition) is 0. The van der Waals surface area contributed by atoms with Crippen molar-refractivity contribution in [1.82, 2.24) is 0 Å². The molecule has 0 aliphatic heterocycles. The molecule has 0 unspecified atom stereocenters. The summed E-state index contributed by atoms with van der Waals surface area (Å²) in [6.07, 6.45) is 14.6. The van der Waals surface area contributed by atoms with Crippen LogP contribution in [0.1, 0.15) is 73.1 Å². The Labute approximate surface area is 210 Å². The molecular weight excluding hydrogens is 381 g/mol. The molecule has 7 heteroatoms. The van der Waals surface area contributed by atoms with Gasteiger partial charge in [0.25, 0.3) is 0 Å². The third-order valence-corrected chi connectivity index (χ3v) is 4.28. The number of allylic oxidation sites excluding steroid dienone is 7. The second-order valence-electron chi connectivity index (χ2n) is 6.79. The van der Waals surface area contributed by atoms with Crippen LogP contribution in [0.5, 0.6) is 0 Å². The summed E-state index contributed by atoms with van der Waals surface area (Å²) >= 11 is 0. The van der Waals surface area contributed by atoms with Gasteiger partial charge in [0, 0.05) is 0 Å². The van der Waals surface area contributed by atoms with E-state index in [-0.39, 0.29) is 65.7 Å². The van der Waals surface area contributed by atoms with Crippen LogP contribution in [0.3, 0.4) is 0 Å². The fourth-order valence-corrected chi connectivity index (χ4v) is 2.52. The van der Waals surface area contributed by atoms with E-state index in [1.807, 2.05) is 6.92 Å². The third kappa shape index (κ3) is 25.0. The minimum absolute atomic E-state index is 0. The van der Waals surface area contributed by atoms with Gasteiger partial charge in [-0.3, -0.25) is 0 Å².